The fraction of sp³-hybridized carbons (Fsp3) is 0.455. The van der Waals surface area contributed by atoms with Crippen LogP contribution < -0.4 is 0 Å². The fourth-order valence-corrected chi connectivity index (χ4v) is 1.48. The molecule has 16 heavy (non-hydrogen) atoms. The summed E-state index contributed by atoms with van der Waals surface area (Å²) in [6, 6.07) is 1.40. The number of aliphatic hydroxyl groups is 1. The Bertz CT molecular complexity index is 396. The molecule has 1 aromatic rings. The van der Waals surface area contributed by atoms with E-state index in [-0.39, 0.29) is 18.6 Å². The Labute approximate surface area is 99.9 Å². The summed E-state index contributed by atoms with van der Waals surface area (Å²) in [6.07, 6.45) is 1.46. The van der Waals surface area contributed by atoms with Crippen LogP contribution in [0.5, 0.6) is 0 Å². The third kappa shape index (κ3) is 2.71. The summed E-state index contributed by atoms with van der Waals surface area (Å²) in [4.78, 5) is 17.4. The minimum Gasteiger partial charge on any atom is -0.394 e. The first-order chi connectivity index (χ1) is 7.47. The number of aromatic nitrogens is 1. The van der Waals surface area contributed by atoms with E-state index in [1.165, 1.54) is 11.1 Å². The van der Waals surface area contributed by atoms with Gasteiger partial charge in [-0.2, -0.15) is 0 Å². The number of carbonyl (C=O) groups is 1. The highest BCUT2D eigenvalue weighted by molar-refractivity contribution is 6.33. The molecule has 4 nitrogen and oxygen atoms in total. The topological polar surface area (TPSA) is 53.4 Å². The monoisotopic (exact) mass is 242 g/mol. The second-order valence-corrected chi connectivity index (χ2v) is 4.16. The van der Waals surface area contributed by atoms with Gasteiger partial charge in [-0.3, -0.25) is 9.78 Å². The summed E-state index contributed by atoms with van der Waals surface area (Å²) in [5.41, 5.74) is 1.12. The molecule has 0 bridgehead atoms. The second kappa shape index (κ2) is 5.27. The summed E-state index contributed by atoms with van der Waals surface area (Å²) in [7, 11) is 1.62. The maximum atomic E-state index is 12.0. The smallest absolute Gasteiger partial charge is 0.257 e. The van der Waals surface area contributed by atoms with Crippen LogP contribution in [0.25, 0.3) is 0 Å². The molecule has 0 spiro atoms. The van der Waals surface area contributed by atoms with Crippen molar-refractivity contribution in [2.75, 3.05) is 13.7 Å². The molecule has 0 saturated heterocycles. The van der Waals surface area contributed by atoms with E-state index < -0.39 is 0 Å². The van der Waals surface area contributed by atoms with E-state index in [9.17, 15) is 4.79 Å². The van der Waals surface area contributed by atoms with Crippen molar-refractivity contribution in [3.8, 4) is 0 Å². The van der Waals surface area contributed by atoms with E-state index in [0.717, 1.165) is 5.69 Å². The van der Waals surface area contributed by atoms with Crippen LogP contribution in [0.3, 0.4) is 0 Å². The Morgan fingerprint density at radius 1 is 1.69 bits per heavy atom. The van der Waals surface area contributed by atoms with Crippen molar-refractivity contribution in [2.24, 2.45) is 0 Å². The zero-order chi connectivity index (χ0) is 12.3. The molecule has 0 fully saturated rings. The van der Waals surface area contributed by atoms with Gasteiger partial charge in [0.1, 0.15) is 0 Å². The Morgan fingerprint density at radius 2 is 2.31 bits per heavy atom. The molecule has 1 amide bonds. The highest BCUT2D eigenvalue weighted by Crippen LogP contribution is 2.17. The van der Waals surface area contributed by atoms with Crippen LogP contribution in [0.15, 0.2) is 12.3 Å². The first kappa shape index (κ1) is 12.9. The largest absolute Gasteiger partial charge is 0.394 e. The van der Waals surface area contributed by atoms with E-state index in [2.05, 4.69) is 4.98 Å². The van der Waals surface area contributed by atoms with Gasteiger partial charge in [0.05, 0.1) is 23.2 Å². The van der Waals surface area contributed by atoms with Gasteiger partial charge >= 0.3 is 0 Å². The van der Waals surface area contributed by atoms with Gasteiger partial charge in [0.15, 0.2) is 0 Å². The lowest BCUT2D eigenvalue weighted by atomic mass is 10.2. The third-order valence-corrected chi connectivity index (χ3v) is 2.78. The van der Waals surface area contributed by atoms with Crippen molar-refractivity contribution in [3.05, 3.63) is 28.5 Å². The van der Waals surface area contributed by atoms with Crippen molar-refractivity contribution in [1.29, 1.82) is 0 Å². The number of nitrogens with zero attached hydrogens (tertiary/aromatic N) is 2. The van der Waals surface area contributed by atoms with Gasteiger partial charge < -0.3 is 10.0 Å². The summed E-state index contributed by atoms with van der Waals surface area (Å²) >= 11 is 5.97. The first-order valence-electron chi connectivity index (χ1n) is 4.97. The molecule has 0 radical (unpaired) electrons. The number of halogens is 1. The van der Waals surface area contributed by atoms with E-state index in [4.69, 9.17) is 16.7 Å². The molecule has 0 aliphatic rings. The van der Waals surface area contributed by atoms with E-state index in [1.807, 2.05) is 0 Å². The molecular weight excluding hydrogens is 228 g/mol. The number of carbonyl (C=O) groups excluding carboxylic acids is 1. The minimum atomic E-state index is -0.245. The minimum absolute atomic E-state index is 0.0842. The molecule has 0 aliphatic carbocycles. The number of aryl methyl sites for hydroxylation is 1. The Morgan fingerprint density at radius 3 is 2.81 bits per heavy atom. The zero-order valence-corrected chi connectivity index (χ0v) is 10.3. The molecule has 1 N–H and O–H groups in total. The van der Waals surface area contributed by atoms with Crippen LogP contribution in [0.1, 0.15) is 23.0 Å². The molecule has 1 rings (SSSR count). The van der Waals surface area contributed by atoms with E-state index in [0.29, 0.717) is 10.6 Å². The normalized spacial score (nSPS) is 12.3. The molecule has 5 heteroatoms. The van der Waals surface area contributed by atoms with Crippen LogP contribution in [-0.4, -0.2) is 40.6 Å². The van der Waals surface area contributed by atoms with Gasteiger partial charge in [-0.25, -0.2) is 0 Å². The van der Waals surface area contributed by atoms with Crippen molar-refractivity contribution in [2.45, 2.75) is 19.9 Å². The quantitative estimate of drug-likeness (QED) is 0.874. The molecule has 0 saturated carbocycles. The van der Waals surface area contributed by atoms with Crippen LogP contribution in [0.4, 0.5) is 0 Å². The first-order valence-corrected chi connectivity index (χ1v) is 5.35. The molecule has 88 valence electrons. The molecule has 1 aromatic heterocycles. The summed E-state index contributed by atoms with van der Waals surface area (Å²) in [6.45, 7) is 3.48. The van der Waals surface area contributed by atoms with Gasteiger partial charge in [-0.1, -0.05) is 11.6 Å². The van der Waals surface area contributed by atoms with Crippen molar-refractivity contribution < 1.29 is 9.90 Å². The maximum Gasteiger partial charge on any atom is 0.257 e. The highest BCUT2D eigenvalue weighted by Gasteiger charge is 2.19. The van der Waals surface area contributed by atoms with Gasteiger partial charge in [-0.15, -0.1) is 0 Å². The van der Waals surface area contributed by atoms with Crippen LogP contribution in [-0.2, 0) is 0 Å². The van der Waals surface area contributed by atoms with Crippen LogP contribution in [0.2, 0.25) is 5.02 Å². The predicted octanol–water partition coefficient (Wildman–Crippen LogP) is 1.50. The summed E-state index contributed by atoms with van der Waals surface area (Å²) < 4.78 is 0. The average molecular weight is 243 g/mol. The number of rotatable bonds is 3. The molecule has 1 unspecified atom stereocenters. The number of aliphatic hydroxyl groups excluding tert-OH is 1. The molecule has 0 aromatic carbocycles. The Kier molecular flexibility index (Phi) is 4.26. The maximum absolute atomic E-state index is 12.0. The van der Waals surface area contributed by atoms with Crippen molar-refractivity contribution >= 4 is 17.5 Å². The van der Waals surface area contributed by atoms with Gasteiger partial charge in [0.2, 0.25) is 0 Å². The zero-order valence-electron chi connectivity index (χ0n) is 9.57. The van der Waals surface area contributed by atoms with E-state index >= 15 is 0 Å². The summed E-state index contributed by atoms with van der Waals surface area (Å²) in [5.74, 6) is -0.237. The molecule has 1 heterocycles. The number of amides is 1. The van der Waals surface area contributed by atoms with Gasteiger partial charge in [0.25, 0.3) is 5.91 Å². The lowest BCUT2D eigenvalue weighted by molar-refractivity contribution is 0.0682. The molecular formula is C11H15ClN2O2. The lowest BCUT2D eigenvalue weighted by Gasteiger charge is -2.23. The molecule has 0 aliphatic heterocycles. The lowest BCUT2D eigenvalue weighted by Crippen LogP contribution is -2.37. The number of hydrogen-bond donors (Lipinski definition) is 1. The summed E-state index contributed by atoms with van der Waals surface area (Å²) in [5, 5.41) is 9.36. The third-order valence-electron chi connectivity index (χ3n) is 2.47. The number of pyridine rings is 1. The average Bonchev–Trinajstić information content (AvgIpc) is 2.26. The van der Waals surface area contributed by atoms with Gasteiger partial charge in [0, 0.05) is 18.9 Å². The SMILES string of the molecule is Cc1cc(Cl)c(C(=O)N(C)C(C)CO)cn1. The van der Waals surface area contributed by atoms with Crippen LogP contribution in [0, 0.1) is 6.92 Å². The molecule has 1 atom stereocenters. The predicted molar refractivity (Wildman–Crippen MR) is 62.6 cm³/mol. The van der Waals surface area contributed by atoms with Crippen molar-refractivity contribution in [3.63, 3.8) is 0 Å². The second-order valence-electron chi connectivity index (χ2n) is 3.75. The number of hydrogen-bond acceptors (Lipinski definition) is 3. The Hall–Kier alpha value is -1.13. The number of likely N-dealkylation sites (N-methyl/N-ethyl adjacent to an activating group) is 1. The van der Waals surface area contributed by atoms with Gasteiger partial charge in [-0.05, 0) is 19.9 Å². The fourth-order valence-electron chi connectivity index (χ4n) is 1.20. The van der Waals surface area contributed by atoms with Crippen molar-refractivity contribution in [1.82, 2.24) is 9.88 Å². The Balaban J connectivity index is 2.96. The highest BCUT2D eigenvalue weighted by atomic mass is 35.5. The standard InChI is InChI=1S/C11H15ClN2O2/c1-7-4-10(12)9(5-13-7)11(16)14(3)8(2)6-15/h4-5,8,15H,6H2,1-3H3. The van der Waals surface area contributed by atoms with E-state index in [1.54, 1.807) is 27.0 Å². The van der Waals surface area contributed by atoms with Crippen LogP contribution >= 0.6 is 11.6 Å².